The van der Waals surface area contributed by atoms with Crippen molar-refractivity contribution in [1.82, 2.24) is 34.4 Å². The minimum absolute atomic E-state index is 0.0350. The number of benzene rings is 1. The number of nitrogens with zero attached hydrogens (tertiary/aromatic N) is 6. The van der Waals surface area contributed by atoms with Gasteiger partial charge in [-0.1, -0.05) is 29.8 Å². The van der Waals surface area contributed by atoms with Crippen LogP contribution in [0.3, 0.4) is 0 Å². The number of hydrogen-bond acceptors (Lipinski definition) is 19. The SMILES string of the molecule is C=CCCC(=O)N[C@@H](Cc1ccc(Cl)cc1)C(=O)O[C@@H]([C@@H](O)n1cnc2c(N)ncnc21)[C@@H](COP(=O)(O)O[C@H]1[C@@H](O)[C@H](n2ccc(N)nc2=O)O[C@@H]1COP(=O)(O)O)OC. The van der Waals surface area contributed by atoms with Crippen LogP contribution in [0.1, 0.15) is 30.9 Å². The number of phosphoric acid groups is 2. The summed E-state index contributed by atoms with van der Waals surface area (Å²) in [5.41, 5.74) is 11.0. The summed E-state index contributed by atoms with van der Waals surface area (Å²) in [6.07, 6.45) is -8.05. The molecule has 4 aromatic rings. The number of methoxy groups -OCH3 is 1. The van der Waals surface area contributed by atoms with Crippen molar-refractivity contribution in [1.29, 1.82) is 0 Å². The summed E-state index contributed by atoms with van der Waals surface area (Å²) in [6, 6.07) is 6.13. The number of aliphatic hydroxyl groups is 2. The number of rotatable bonds is 21. The lowest BCUT2D eigenvalue weighted by Crippen LogP contribution is -2.49. The van der Waals surface area contributed by atoms with E-state index in [1.54, 1.807) is 24.3 Å². The van der Waals surface area contributed by atoms with Crippen molar-refractivity contribution in [2.75, 3.05) is 31.8 Å². The summed E-state index contributed by atoms with van der Waals surface area (Å²) in [5.74, 6) is -1.91. The van der Waals surface area contributed by atoms with Gasteiger partial charge in [-0.2, -0.15) is 4.98 Å². The molecule has 1 aliphatic rings. The molecule has 28 heteroatoms. The van der Waals surface area contributed by atoms with Gasteiger partial charge in [-0.3, -0.25) is 27.5 Å². The number of allylic oxidation sites excluding steroid dienone is 1. The van der Waals surface area contributed by atoms with E-state index in [0.717, 1.165) is 35.1 Å². The van der Waals surface area contributed by atoms with Gasteiger partial charge in [0, 0.05) is 31.2 Å². The van der Waals surface area contributed by atoms with Gasteiger partial charge in [-0.05, 0) is 30.2 Å². The normalized spacial score (nSPS) is 21.0. The maximum Gasteiger partial charge on any atom is 0.472 e. The summed E-state index contributed by atoms with van der Waals surface area (Å²) < 4.78 is 58.7. The number of carbonyl (C=O) groups excluding carboxylic acids is 2. The molecule has 9 atom stereocenters. The highest BCUT2D eigenvalue weighted by molar-refractivity contribution is 7.47. The minimum Gasteiger partial charge on any atom is -0.453 e. The predicted molar refractivity (Wildman–Crippen MR) is 210 cm³/mol. The fraction of sp³-hybridized carbons (Fsp3) is 0.424. The van der Waals surface area contributed by atoms with Gasteiger partial charge in [0.25, 0.3) is 0 Å². The number of ether oxygens (including phenoxy) is 3. The molecule has 3 aromatic heterocycles. The molecule has 0 bridgehead atoms. The highest BCUT2D eigenvalue weighted by Gasteiger charge is 2.50. The van der Waals surface area contributed by atoms with E-state index < -0.39 is 95.4 Å². The molecule has 25 nitrogen and oxygen atoms in total. The van der Waals surface area contributed by atoms with Crippen LogP contribution < -0.4 is 22.5 Å². The third-order valence-electron chi connectivity index (χ3n) is 8.93. The number of anilines is 2. The van der Waals surface area contributed by atoms with Crippen molar-refractivity contribution in [2.45, 2.75) is 68.3 Å². The Balaban J connectivity index is 1.43. The third-order valence-corrected chi connectivity index (χ3v) is 10.7. The lowest BCUT2D eigenvalue weighted by atomic mass is 10.1. The van der Waals surface area contributed by atoms with E-state index in [-0.39, 0.29) is 42.1 Å². The first-order valence-corrected chi connectivity index (χ1v) is 21.2. The monoisotopic (exact) mass is 917 g/mol. The molecule has 1 amide bonds. The second-order valence-corrected chi connectivity index (χ2v) is 16.3. The highest BCUT2D eigenvalue weighted by Crippen LogP contribution is 2.49. The molecule has 0 radical (unpaired) electrons. The number of aromatic nitrogens is 6. The van der Waals surface area contributed by atoms with Crippen LogP contribution in [-0.4, -0.2) is 123 Å². The Bertz CT molecular complexity index is 2330. The lowest BCUT2D eigenvalue weighted by molar-refractivity contribution is -0.179. The third kappa shape index (κ3) is 12.4. The fourth-order valence-corrected chi connectivity index (χ4v) is 7.40. The van der Waals surface area contributed by atoms with Crippen molar-refractivity contribution in [2.24, 2.45) is 0 Å². The largest absolute Gasteiger partial charge is 0.472 e. The highest BCUT2D eigenvalue weighted by atomic mass is 35.5. The van der Waals surface area contributed by atoms with Gasteiger partial charge in [-0.15, -0.1) is 6.58 Å². The Hall–Kier alpha value is -4.72. The summed E-state index contributed by atoms with van der Waals surface area (Å²) >= 11 is 6.04. The van der Waals surface area contributed by atoms with E-state index >= 15 is 0 Å². The maximum atomic E-state index is 14.0. The van der Waals surface area contributed by atoms with E-state index in [4.69, 9.17) is 46.3 Å². The van der Waals surface area contributed by atoms with Crippen LogP contribution in [-0.2, 0) is 52.9 Å². The molecule has 61 heavy (non-hydrogen) atoms. The molecular formula is C33H42ClN9O16P2. The quantitative estimate of drug-likeness (QED) is 0.0307. The first-order valence-electron chi connectivity index (χ1n) is 17.8. The van der Waals surface area contributed by atoms with Crippen molar-refractivity contribution in [3.63, 3.8) is 0 Å². The molecule has 0 aliphatic carbocycles. The Labute approximate surface area is 350 Å². The first-order chi connectivity index (χ1) is 28.8. The van der Waals surface area contributed by atoms with Crippen LogP contribution in [0.5, 0.6) is 0 Å². The Morgan fingerprint density at radius 1 is 1.11 bits per heavy atom. The van der Waals surface area contributed by atoms with Gasteiger partial charge in [0.2, 0.25) is 5.91 Å². The second-order valence-electron chi connectivity index (χ2n) is 13.2. The number of imidazole rings is 1. The second kappa shape index (κ2) is 20.4. The average Bonchev–Trinajstić information content (AvgIpc) is 3.77. The molecule has 4 heterocycles. The smallest absolute Gasteiger partial charge is 0.453 e. The number of amides is 1. The number of aliphatic hydroxyl groups excluding tert-OH is 2. The van der Waals surface area contributed by atoms with Crippen LogP contribution in [0.2, 0.25) is 5.02 Å². The molecule has 0 spiro atoms. The first kappa shape index (κ1) is 47.3. The number of nitrogens with one attached hydrogen (secondary N) is 1. The van der Waals surface area contributed by atoms with Gasteiger partial charge in [0.1, 0.15) is 48.1 Å². The maximum absolute atomic E-state index is 14.0. The summed E-state index contributed by atoms with van der Waals surface area (Å²) in [5, 5.41) is 26.0. The molecule has 332 valence electrons. The van der Waals surface area contributed by atoms with Gasteiger partial charge in [-0.25, -0.2) is 33.7 Å². The van der Waals surface area contributed by atoms with Gasteiger partial charge < -0.3 is 55.9 Å². The molecule has 1 fully saturated rings. The Morgan fingerprint density at radius 2 is 1.84 bits per heavy atom. The van der Waals surface area contributed by atoms with Crippen molar-refractivity contribution in [3.8, 4) is 0 Å². The molecule has 1 unspecified atom stereocenters. The molecule has 1 aromatic carbocycles. The zero-order chi connectivity index (χ0) is 44.6. The van der Waals surface area contributed by atoms with Gasteiger partial charge >= 0.3 is 27.3 Å². The van der Waals surface area contributed by atoms with Crippen LogP contribution in [0.4, 0.5) is 11.6 Å². The van der Waals surface area contributed by atoms with Crippen LogP contribution in [0.25, 0.3) is 11.2 Å². The van der Waals surface area contributed by atoms with E-state index in [1.165, 1.54) is 12.1 Å². The minimum atomic E-state index is -5.44. The van der Waals surface area contributed by atoms with Crippen LogP contribution in [0.15, 0.2) is 66.6 Å². The van der Waals surface area contributed by atoms with Crippen molar-refractivity contribution in [3.05, 3.63) is 82.9 Å². The fourth-order valence-electron chi connectivity index (χ4n) is 5.97. The number of hydrogen-bond donors (Lipinski definition) is 8. The molecule has 1 saturated heterocycles. The Kier molecular flexibility index (Phi) is 15.9. The number of esters is 1. The molecule has 5 rings (SSSR count). The van der Waals surface area contributed by atoms with Crippen LogP contribution in [0, 0.1) is 0 Å². The van der Waals surface area contributed by atoms with E-state index in [0.29, 0.717) is 10.6 Å². The van der Waals surface area contributed by atoms with Gasteiger partial charge in [0.15, 0.2) is 30.0 Å². The standard InChI is InChI=1S/C33H42ClN9O16P2/c1-3-4-5-23(44)40-19(12-17-6-8-18(34)9-7-17)32(47)58-27(30(46)43-16-39-24-28(36)37-15-38-29(24)43)20(54-2)13-56-61(52,53)59-26-21(14-55-60(49,50)51)57-31(25(26)45)42-11-10-22(35)41-33(42)48/h3,6-11,15-16,19-21,25-27,30-31,45-46H,1,4-5,12-14H2,2H3,(H,40,44)(H,52,53)(H2,35,41,48)(H2,36,37,38)(H2,49,50,51)/t19-,20+,21+,25+,26+,27+,30+,31+/m0/s1. The number of carbonyl (C=O) groups is 2. The summed E-state index contributed by atoms with van der Waals surface area (Å²) in [6.45, 7) is 1.54. The Morgan fingerprint density at radius 3 is 2.49 bits per heavy atom. The van der Waals surface area contributed by atoms with Crippen molar-refractivity contribution >= 4 is 61.9 Å². The number of nitrogens with two attached hydrogens (primary N) is 2. The van der Waals surface area contributed by atoms with E-state index in [1.807, 2.05) is 0 Å². The van der Waals surface area contributed by atoms with Gasteiger partial charge in [0.05, 0.1) is 19.5 Å². The summed E-state index contributed by atoms with van der Waals surface area (Å²) in [4.78, 5) is 84.6. The molecular weight excluding hydrogens is 876 g/mol. The average molecular weight is 918 g/mol. The lowest BCUT2D eigenvalue weighted by Gasteiger charge is -2.32. The van der Waals surface area contributed by atoms with Crippen molar-refractivity contribution < 1.29 is 71.4 Å². The molecule has 1 aliphatic heterocycles. The number of phosphoric ester groups is 2. The van der Waals surface area contributed by atoms with E-state index in [2.05, 4.69) is 36.4 Å². The predicted octanol–water partition coefficient (Wildman–Crippen LogP) is -0.118. The molecule has 10 N–H and O–H groups in total. The topological polar surface area (TPSA) is 367 Å². The number of nitrogen functional groups attached to an aromatic ring is 2. The number of fused-ring (bicyclic) bond motifs is 1. The molecule has 0 saturated carbocycles. The van der Waals surface area contributed by atoms with Crippen LogP contribution >= 0.6 is 27.2 Å². The zero-order valence-electron chi connectivity index (χ0n) is 31.9. The number of halogens is 1. The zero-order valence-corrected chi connectivity index (χ0v) is 34.4. The van der Waals surface area contributed by atoms with E-state index in [9.17, 15) is 48.4 Å². The summed E-state index contributed by atoms with van der Waals surface area (Å²) in [7, 11) is -9.55.